The second kappa shape index (κ2) is 2.27. The fourth-order valence-electron chi connectivity index (χ4n) is 1.59. The molecule has 3 heteroatoms. The smallest absolute Gasteiger partial charge is 0.229 e. The average Bonchev–Trinajstić information content (AvgIpc) is 2.03. The Kier molecular flexibility index (Phi) is 1.49. The monoisotopic (exact) mass is 169 g/mol. The van der Waals surface area contributed by atoms with Crippen molar-refractivity contribution in [3.63, 3.8) is 0 Å². The van der Waals surface area contributed by atoms with Crippen LogP contribution < -0.4 is 0 Å². The van der Waals surface area contributed by atoms with Gasteiger partial charge in [0.05, 0.1) is 11.3 Å². The zero-order valence-corrected chi connectivity index (χ0v) is 7.36. The van der Waals surface area contributed by atoms with Crippen LogP contribution in [-0.2, 0) is 4.79 Å². The number of rotatable bonds is 0. The molecule has 2 rings (SSSR count). The van der Waals surface area contributed by atoms with Gasteiger partial charge in [-0.1, -0.05) is 13.5 Å². The summed E-state index contributed by atoms with van der Waals surface area (Å²) in [6.07, 6.45) is 0. The molecule has 11 heavy (non-hydrogen) atoms. The summed E-state index contributed by atoms with van der Waals surface area (Å²) in [6, 6.07) is 0. The Morgan fingerprint density at radius 3 is 3.18 bits per heavy atom. The number of amides is 1. The summed E-state index contributed by atoms with van der Waals surface area (Å²) < 4.78 is 0. The summed E-state index contributed by atoms with van der Waals surface area (Å²) in [4.78, 5) is 13.1. The van der Waals surface area contributed by atoms with Crippen LogP contribution >= 0.6 is 11.8 Å². The summed E-state index contributed by atoms with van der Waals surface area (Å²) in [5, 5.41) is 0.452. The lowest BCUT2D eigenvalue weighted by Crippen LogP contribution is -2.60. The lowest BCUT2D eigenvalue weighted by Gasteiger charge is -2.48. The summed E-state index contributed by atoms with van der Waals surface area (Å²) in [7, 11) is 0. The molecule has 0 saturated carbocycles. The molecule has 0 unspecified atom stereocenters. The molecule has 2 fully saturated rings. The molecule has 0 bridgehead atoms. The van der Waals surface area contributed by atoms with Gasteiger partial charge in [-0.05, 0) is 5.57 Å². The minimum Gasteiger partial charge on any atom is -0.326 e. The van der Waals surface area contributed by atoms with E-state index in [9.17, 15) is 4.79 Å². The summed E-state index contributed by atoms with van der Waals surface area (Å²) >= 11 is 1.84. The van der Waals surface area contributed by atoms with Gasteiger partial charge in [0.15, 0.2) is 0 Å². The van der Waals surface area contributed by atoms with Gasteiger partial charge in [-0.15, -0.1) is 11.8 Å². The molecule has 2 saturated heterocycles. The van der Waals surface area contributed by atoms with Crippen LogP contribution in [0, 0.1) is 5.92 Å². The van der Waals surface area contributed by atoms with Gasteiger partial charge in [0.2, 0.25) is 5.91 Å². The second-order valence-corrected chi connectivity index (χ2v) is 4.31. The fourth-order valence-corrected chi connectivity index (χ4v) is 2.85. The lowest BCUT2D eigenvalue weighted by molar-refractivity contribution is -0.148. The fraction of sp³-hybridized carbons (Fsp3) is 0.625. The lowest BCUT2D eigenvalue weighted by atomic mass is 10.00. The van der Waals surface area contributed by atoms with Gasteiger partial charge in [0, 0.05) is 12.3 Å². The normalized spacial score (nSPS) is 36.6. The van der Waals surface area contributed by atoms with Crippen molar-refractivity contribution in [1.82, 2.24) is 4.90 Å². The average molecular weight is 169 g/mol. The van der Waals surface area contributed by atoms with E-state index in [2.05, 4.69) is 6.58 Å². The summed E-state index contributed by atoms with van der Waals surface area (Å²) in [6.45, 7) is 6.67. The van der Waals surface area contributed by atoms with E-state index in [4.69, 9.17) is 0 Å². The van der Waals surface area contributed by atoms with Crippen molar-refractivity contribution >= 4 is 17.7 Å². The standard InChI is InChI=1S/C8H11NOS/c1-5-3-9-7(10)6(2)8(9)11-4-5/h6,8H,1,3-4H2,2H3/t6-,8-/m1/s1. The molecular weight excluding hydrogens is 158 g/mol. The van der Waals surface area contributed by atoms with E-state index in [1.165, 1.54) is 5.57 Å². The largest absolute Gasteiger partial charge is 0.326 e. The van der Waals surface area contributed by atoms with Gasteiger partial charge in [-0.25, -0.2) is 0 Å². The highest BCUT2D eigenvalue weighted by Gasteiger charge is 2.46. The van der Waals surface area contributed by atoms with E-state index in [1.807, 2.05) is 23.6 Å². The van der Waals surface area contributed by atoms with E-state index in [1.54, 1.807) is 0 Å². The van der Waals surface area contributed by atoms with Gasteiger partial charge in [0.1, 0.15) is 0 Å². The topological polar surface area (TPSA) is 20.3 Å². The third-order valence-electron chi connectivity index (χ3n) is 2.26. The maximum absolute atomic E-state index is 11.2. The number of carbonyl (C=O) groups is 1. The third kappa shape index (κ3) is 0.906. The zero-order valence-electron chi connectivity index (χ0n) is 6.54. The Balaban J connectivity index is 2.10. The minimum absolute atomic E-state index is 0.244. The maximum atomic E-state index is 11.2. The molecule has 0 aromatic carbocycles. The van der Waals surface area contributed by atoms with Crippen LogP contribution in [0.5, 0.6) is 0 Å². The van der Waals surface area contributed by atoms with Crippen LogP contribution in [0.3, 0.4) is 0 Å². The van der Waals surface area contributed by atoms with Gasteiger partial charge in [0.25, 0.3) is 0 Å². The Morgan fingerprint density at radius 1 is 1.73 bits per heavy atom. The number of thioether (sulfide) groups is 1. The Labute approximate surface area is 70.6 Å². The molecule has 2 nitrogen and oxygen atoms in total. The first kappa shape index (κ1) is 7.22. The highest BCUT2D eigenvalue weighted by molar-refractivity contribution is 8.00. The van der Waals surface area contributed by atoms with E-state index in [0.29, 0.717) is 11.3 Å². The summed E-state index contributed by atoms with van der Waals surface area (Å²) in [5.41, 5.74) is 1.17. The molecule has 0 spiro atoms. The number of carbonyl (C=O) groups excluding carboxylic acids is 1. The number of β-lactam (4-membered cyclic amide) rings is 1. The highest BCUT2D eigenvalue weighted by atomic mass is 32.2. The van der Waals surface area contributed by atoms with Crippen LogP contribution in [-0.4, -0.2) is 28.5 Å². The quantitative estimate of drug-likeness (QED) is 0.400. The number of hydrogen-bond acceptors (Lipinski definition) is 2. The molecule has 0 aromatic heterocycles. The first-order chi connectivity index (χ1) is 5.20. The van der Waals surface area contributed by atoms with Crippen LogP contribution in [0.4, 0.5) is 0 Å². The summed E-state index contributed by atoms with van der Waals surface area (Å²) in [5.74, 6) is 1.56. The molecule has 2 heterocycles. The van der Waals surface area contributed by atoms with E-state index in [-0.39, 0.29) is 5.92 Å². The van der Waals surface area contributed by atoms with Crippen LogP contribution in [0.1, 0.15) is 6.92 Å². The van der Waals surface area contributed by atoms with E-state index < -0.39 is 0 Å². The predicted octanol–water partition coefficient (Wildman–Crippen LogP) is 1.09. The molecule has 0 radical (unpaired) electrons. The molecule has 1 amide bonds. The minimum atomic E-state index is 0.244. The predicted molar refractivity (Wildman–Crippen MR) is 46.3 cm³/mol. The second-order valence-electron chi connectivity index (χ2n) is 3.21. The first-order valence-electron chi connectivity index (χ1n) is 3.79. The Bertz CT molecular complexity index is 226. The molecule has 0 N–H and O–H groups in total. The molecule has 0 aliphatic carbocycles. The molecule has 2 aliphatic heterocycles. The van der Waals surface area contributed by atoms with Gasteiger partial charge in [-0.3, -0.25) is 4.79 Å². The third-order valence-corrected chi connectivity index (χ3v) is 3.84. The van der Waals surface area contributed by atoms with Crippen molar-refractivity contribution in [3.8, 4) is 0 Å². The maximum Gasteiger partial charge on any atom is 0.229 e. The molecule has 2 atom stereocenters. The Morgan fingerprint density at radius 2 is 2.45 bits per heavy atom. The van der Waals surface area contributed by atoms with Crippen molar-refractivity contribution in [2.24, 2.45) is 5.92 Å². The molecule has 60 valence electrons. The number of nitrogens with zero attached hydrogens (tertiary/aromatic N) is 1. The van der Waals surface area contributed by atoms with Crippen molar-refractivity contribution in [2.45, 2.75) is 12.3 Å². The van der Waals surface area contributed by atoms with Gasteiger partial charge >= 0.3 is 0 Å². The van der Waals surface area contributed by atoms with Crippen molar-refractivity contribution < 1.29 is 4.79 Å². The van der Waals surface area contributed by atoms with Crippen LogP contribution in [0.25, 0.3) is 0 Å². The van der Waals surface area contributed by atoms with Gasteiger partial charge < -0.3 is 4.90 Å². The highest BCUT2D eigenvalue weighted by Crippen LogP contribution is 2.39. The number of fused-ring (bicyclic) bond motifs is 1. The van der Waals surface area contributed by atoms with Crippen molar-refractivity contribution in [2.75, 3.05) is 12.3 Å². The van der Waals surface area contributed by atoms with Crippen LogP contribution in [0.2, 0.25) is 0 Å². The molecule has 0 aromatic rings. The number of hydrogen-bond donors (Lipinski definition) is 0. The SMILES string of the molecule is C=C1CS[C@@H]2[C@H](C)C(=O)N2C1. The first-order valence-corrected chi connectivity index (χ1v) is 4.84. The Hall–Kier alpha value is -0.440. The van der Waals surface area contributed by atoms with Crippen molar-refractivity contribution in [1.29, 1.82) is 0 Å². The van der Waals surface area contributed by atoms with Crippen molar-refractivity contribution in [3.05, 3.63) is 12.2 Å². The van der Waals surface area contributed by atoms with E-state index >= 15 is 0 Å². The molecular formula is C8H11NOS. The van der Waals surface area contributed by atoms with Gasteiger partial charge in [-0.2, -0.15) is 0 Å². The zero-order chi connectivity index (χ0) is 8.01. The van der Waals surface area contributed by atoms with Crippen LogP contribution in [0.15, 0.2) is 12.2 Å². The van der Waals surface area contributed by atoms with E-state index in [0.717, 1.165) is 12.3 Å². The molecule has 2 aliphatic rings.